The number of halogens is 2. The van der Waals surface area contributed by atoms with Crippen molar-refractivity contribution in [2.45, 2.75) is 32.2 Å². The van der Waals surface area contributed by atoms with E-state index in [1.54, 1.807) is 18.1 Å². The molecule has 0 saturated carbocycles. The fourth-order valence-corrected chi connectivity index (χ4v) is 3.23. The van der Waals surface area contributed by atoms with E-state index in [4.69, 9.17) is 16.3 Å². The van der Waals surface area contributed by atoms with Crippen LogP contribution in [0.3, 0.4) is 0 Å². The van der Waals surface area contributed by atoms with Crippen molar-refractivity contribution in [1.29, 1.82) is 0 Å². The molecule has 1 heterocycles. The van der Waals surface area contributed by atoms with Gasteiger partial charge in [-0.05, 0) is 56.0 Å². The van der Waals surface area contributed by atoms with Crippen LogP contribution in [0.1, 0.15) is 31.2 Å². The van der Waals surface area contributed by atoms with Gasteiger partial charge in [0, 0.05) is 31.6 Å². The second-order valence-electron chi connectivity index (χ2n) is 6.28. The van der Waals surface area contributed by atoms with E-state index in [0.717, 1.165) is 37.9 Å². The molecule has 2 rings (SSSR count). The Balaban J connectivity index is 1.93. The number of methoxy groups -OCH3 is 1. The number of carbonyl (C=O) groups is 1. The van der Waals surface area contributed by atoms with E-state index in [0.29, 0.717) is 37.1 Å². The zero-order valence-electron chi connectivity index (χ0n) is 14.2. The highest BCUT2D eigenvalue weighted by molar-refractivity contribution is 6.31. The van der Waals surface area contributed by atoms with Crippen molar-refractivity contribution in [1.82, 2.24) is 10.2 Å². The van der Waals surface area contributed by atoms with Crippen LogP contribution in [0.15, 0.2) is 18.2 Å². The van der Waals surface area contributed by atoms with Gasteiger partial charge in [0.25, 0.3) is 0 Å². The third kappa shape index (κ3) is 6.04. The lowest BCUT2D eigenvalue weighted by Crippen LogP contribution is -2.34. The quantitative estimate of drug-likeness (QED) is 0.777. The van der Waals surface area contributed by atoms with Crippen LogP contribution in [-0.4, -0.2) is 44.2 Å². The molecule has 1 fully saturated rings. The standard InChI is InChI=1S/C18H26ClFN2O2/c1-24-11-10-22(13-15-3-4-16(20)12-17(15)19)18(23)5-2-14-6-8-21-9-7-14/h3-4,12,14,21H,2,5-11,13H2,1H3. The van der Waals surface area contributed by atoms with E-state index >= 15 is 0 Å². The van der Waals surface area contributed by atoms with Crippen molar-refractivity contribution in [3.8, 4) is 0 Å². The summed E-state index contributed by atoms with van der Waals surface area (Å²) in [6.07, 6.45) is 3.72. The smallest absolute Gasteiger partial charge is 0.222 e. The second kappa shape index (κ2) is 9.97. The molecule has 1 aromatic rings. The monoisotopic (exact) mass is 356 g/mol. The Bertz CT molecular complexity index is 536. The van der Waals surface area contributed by atoms with Crippen LogP contribution in [0.4, 0.5) is 4.39 Å². The first-order valence-electron chi connectivity index (χ1n) is 8.51. The van der Waals surface area contributed by atoms with Gasteiger partial charge in [-0.25, -0.2) is 4.39 Å². The number of amides is 1. The number of benzene rings is 1. The third-order valence-corrected chi connectivity index (χ3v) is 4.87. The molecular formula is C18H26ClFN2O2. The summed E-state index contributed by atoms with van der Waals surface area (Å²) in [6.45, 7) is 3.44. The fraction of sp³-hybridized carbons (Fsp3) is 0.611. The summed E-state index contributed by atoms with van der Waals surface area (Å²) in [5.74, 6) is 0.351. The molecule has 0 atom stereocenters. The van der Waals surface area contributed by atoms with Gasteiger partial charge in [-0.2, -0.15) is 0 Å². The molecule has 0 aliphatic carbocycles. The van der Waals surface area contributed by atoms with Crippen LogP contribution in [-0.2, 0) is 16.1 Å². The lowest BCUT2D eigenvalue weighted by Gasteiger charge is -2.26. The van der Waals surface area contributed by atoms with E-state index in [2.05, 4.69) is 5.32 Å². The predicted octanol–water partition coefficient (Wildman–Crippen LogP) is 3.23. The minimum Gasteiger partial charge on any atom is -0.383 e. The molecule has 24 heavy (non-hydrogen) atoms. The number of hydrogen-bond donors (Lipinski definition) is 1. The van der Waals surface area contributed by atoms with Crippen molar-refractivity contribution >= 4 is 17.5 Å². The molecule has 0 radical (unpaired) electrons. The van der Waals surface area contributed by atoms with Crippen molar-refractivity contribution in [2.75, 3.05) is 33.4 Å². The molecule has 6 heteroatoms. The lowest BCUT2D eigenvalue weighted by molar-refractivity contribution is -0.132. The van der Waals surface area contributed by atoms with Crippen LogP contribution < -0.4 is 5.32 Å². The van der Waals surface area contributed by atoms with Crippen molar-refractivity contribution in [3.05, 3.63) is 34.6 Å². The van der Waals surface area contributed by atoms with Crippen molar-refractivity contribution in [3.63, 3.8) is 0 Å². The number of ether oxygens (including phenoxy) is 1. The number of piperidine rings is 1. The lowest BCUT2D eigenvalue weighted by atomic mass is 9.93. The molecule has 0 bridgehead atoms. The van der Waals surface area contributed by atoms with Gasteiger partial charge in [0.2, 0.25) is 5.91 Å². The molecule has 1 N–H and O–H groups in total. The largest absolute Gasteiger partial charge is 0.383 e. The average molecular weight is 357 g/mol. The number of rotatable bonds is 8. The minimum absolute atomic E-state index is 0.103. The fourth-order valence-electron chi connectivity index (χ4n) is 3.01. The van der Waals surface area contributed by atoms with Crippen LogP contribution >= 0.6 is 11.6 Å². The highest BCUT2D eigenvalue weighted by atomic mass is 35.5. The SMILES string of the molecule is COCCN(Cc1ccc(F)cc1Cl)C(=O)CCC1CCNCC1. The van der Waals surface area contributed by atoms with E-state index in [1.807, 2.05) is 0 Å². The highest BCUT2D eigenvalue weighted by Crippen LogP contribution is 2.21. The Morgan fingerprint density at radius 1 is 1.42 bits per heavy atom. The van der Waals surface area contributed by atoms with Gasteiger partial charge in [-0.15, -0.1) is 0 Å². The number of carbonyl (C=O) groups excluding carboxylic acids is 1. The Labute approximate surface area is 148 Å². The Morgan fingerprint density at radius 2 is 2.17 bits per heavy atom. The van der Waals surface area contributed by atoms with Gasteiger partial charge in [-0.3, -0.25) is 4.79 Å². The molecule has 4 nitrogen and oxygen atoms in total. The second-order valence-corrected chi connectivity index (χ2v) is 6.68. The average Bonchev–Trinajstić information content (AvgIpc) is 2.59. The molecule has 0 aromatic heterocycles. The molecule has 0 unspecified atom stereocenters. The molecular weight excluding hydrogens is 331 g/mol. The van der Waals surface area contributed by atoms with E-state index < -0.39 is 0 Å². The summed E-state index contributed by atoms with van der Waals surface area (Å²) in [4.78, 5) is 14.4. The Hall–Kier alpha value is -1.17. The number of nitrogens with zero attached hydrogens (tertiary/aromatic N) is 1. The van der Waals surface area contributed by atoms with Crippen LogP contribution in [0.25, 0.3) is 0 Å². The van der Waals surface area contributed by atoms with Crippen LogP contribution in [0, 0.1) is 11.7 Å². The first kappa shape index (κ1) is 19.2. The van der Waals surface area contributed by atoms with Crippen molar-refractivity contribution < 1.29 is 13.9 Å². The zero-order valence-corrected chi connectivity index (χ0v) is 14.9. The molecule has 1 aliphatic rings. The summed E-state index contributed by atoms with van der Waals surface area (Å²) < 4.78 is 18.3. The van der Waals surface area contributed by atoms with Gasteiger partial charge in [-0.1, -0.05) is 17.7 Å². The molecule has 1 aromatic carbocycles. The summed E-state index contributed by atoms with van der Waals surface area (Å²) in [5, 5.41) is 3.69. The number of hydrogen-bond acceptors (Lipinski definition) is 3. The Morgan fingerprint density at radius 3 is 2.83 bits per heavy atom. The summed E-state index contributed by atoms with van der Waals surface area (Å²) in [6, 6.07) is 4.29. The van der Waals surface area contributed by atoms with Gasteiger partial charge in [0.1, 0.15) is 5.82 Å². The molecule has 1 aliphatic heterocycles. The molecule has 134 valence electrons. The van der Waals surface area contributed by atoms with Gasteiger partial charge in [0.05, 0.1) is 6.61 Å². The topological polar surface area (TPSA) is 41.6 Å². The maximum absolute atomic E-state index is 13.2. The first-order chi connectivity index (χ1) is 11.6. The summed E-state index contributed by atoms with van der Waals surface area (Å²) in [7, 11) is 1.61. The maximum Gasteiger partial charge on any atom is 0.222 e. The van der Waals surface area contributed by atoms with Crippen molar-refractivity contribution in [2.24, 2.45) is 5.92 Å². The first-order valence-corrected chi connectivity index (χ1v) is 8.89. The number of nitrogens with one attached hydrogen (secondary N) is 1. The molecule has 1 saturated heterocycles. The summed E-state index contributed by atoms with van der Waals surface area (Å²) in [5.41, 5.74) is 0.754. The molecule has 1 amide bonds. The van der Waals surface area contributed by atoms with E-state index in [9.17, 15) is 9.18 Å². The van der Waals surface area contributed by atoms with Crippen LogP contribution in [0.2, 0.25) is 5.02 Å². The van der Waals surface area contributed by atoms with E-state index in [-0.39, 0.29) is 11.7 Å². The predicted molar refractivity (Wildman–Crippen MR) is 93.5 cm³/mol. The van der Waals surface area contributed by atoms with Gasteiger partial charge in [0.15, 0.2) is 0 Å². The van der Waals surface area contributed by atoms with E-state index in [1.165, 1.54) is 12.1 Å². The summed E-state index contributed by atoms with van der Waals surface area (Å²) >= 11 is 6.09. The normalized spacial score (nSPS) is 15.5. The minimum atomic E-state index is -0.371. The zero-order chi connectivity index (χ0) is 17.4. The third-order valence-electron chi connectivity index (χ3n) is 4.52. The maximum atomic E-state index is 13.2. The van der Waals surface area contributed by atoms with Gasteiger partial charge < -0.3 is 15.0 Å². The van der Waals surface area contributed by atoms with Crippen LogP contribution in [0.5, 0.6) is 0 Å². The van der Waals surface area contributed by atoms with Gasteiger partial charge >= 0.3 is 0 Å². The molecule has 0 spiro atoms. The highest BCUT2D eigenvalue weighted by Gasteiger charge is 2.19. The Kier molecular flexibility index (Phi) is 7.95.